The van der Waals surface area contributed by atoms with Crippen molar-refractivity contribution in [1.82, 2.24) is 5.32 Å². The third-order valence-electron chi connectivity index (χ3n) is 4.70. The Labute approximate surface area is 188 Å². The first-order chi connectivity index (χ1) is 15.7. The molecular formula is C24H20N2O7. The normalized spacial score (nSPS) is 10.2. The minimum Gasteiger partial charge on any atom is -0.478 e. The summed E-state index contributed by atoms with van der Waals surface area (Å²) in [5.41, 5.74) is -0.332. The highest BCUT2D eigenvalue weighted by atomic mass is 16.5. The number of hydrogen-bond donors (Lipinski definition) is 4. The van der Waals surface area contributed by atoms with Crippen molar-refractivity contribution in [1.29, 1.82) is 0 Å². The van der Waals surface area contributed by atoms with E-state index < -0.39 is 40.4 Å². The van der Waals surface area contributed by atoms with Crippen LogP contribution in [0.5, 0.6) is 11.5 Å². The van der Waals surface area contributed by atoms with Crippen molar-refractivity contribution in [3.63, 3.8) is 0 Å². The van der Waals surface area contributed by atoms with Crippen LogP contribution in [0.4, 0.5) is 5.69 Å². The highest BCUT2D eigenvalue weighted by Gasteiger charge is 2.25. The Hall–Kier alpha value is -4.66. The quantitative estimate of drug-likeness (QED) is 0.431. The largest absolute Gasteiger partial charge is 0.478 e. The van der Waals surface area contributed by atoms with Gasteiger partial charge in [-0.1, -0.05) is 17.7 Å². The molecule has 3 aromatic rings. The zero-order valence-electron chi connectivity index (χ0n) is 17.7. The van der Waals surface area contributed by atoms with Gasteiger partial charge in [0, 0.05) is 12.7 Å². The van der Waals surface area contributed by atoms with E-state index in [1.165, 1.54) is 7.05 Å². The summed E-state index contributed by atoms with van der Waals surface area (Å²) in [6.45, 7) is 1.96. The van der Waals surface area contributed by atoms with Gasteiger partial charge in [-0.2, -0.15) is 0 Å². The van der Waals surface area contributed by atoms with Gasteiger partial charge < -0.3 is 25.6 Å². The van der Waals surface area contributed by atoms with Crippen LogP contribution in [0.25, 0.3) is 0 Å². The minimum absolute atomic E-state index is 0.333. The predicted octanol–water partition coefficient (Wildman–Crippen LogP) is 3.80. The highest BCUT2D eigenvalue weighted by molar-refractivity contribution is 6.14. The first-order valence-corrected chi connectivity index (χ1v) is 9.72. The fourth-order valence-electron chi connectivity index (χ4n) is 3.01. The Kier molecular flexibility index (Phi) is 6.73. The van der Waals surface area contributed by atoms with Crippen molar-refractivity contribution in [2.45, 2.75) is 6.92 Å². The Morgan fingerprint density at radius 3 is 1.61 bits per heavy atom. The maximum absolute atomic E-state index is 12.8. The number of nitrogens with one attached hydrogen (secondary N) is 2. The molecule has 2 amide bonds. The second-order valence-electron chi connectivity index (χ2n) is 7.03. The number of carbonyl (C=O) groups excluding carboxylic acids is 2. The van der Waals surface area contributed by atoms with Gasteiger partial charge in [0.1, 0.15) is 11.5 Å². The van der Waals surface area contributed by atoms with Gasteiger partial charge in [0.05, 0.1) is 22.3 Å². The van der Waals surface area contributed by atoms with E-state index >= 15 is 0 Å². The number of anilines is 1. The molecular weight excluding hydrogens is 428 g/mol. The Morgan fingerprint density at radius 1 is 0.697 bits per heavy atom. The molecule has 0 aliphatic rings. The molecule has 0 bridgehead atoms. The van der Waals surface area contributed by atoms with Gasteiger partial charge in [-0.25, -0.2) is 9.59 Å². The lowest BCUT2D eigenvalue weighted by Crippen LogP contribution is -2.24. The van der Waals surface area contributed by atoms with Crippen LogP contribution in [-0.4, -0.2) is 41.0 Å². The lowest BCUT2D eigenvalue weighted by molar-refractivity contribution is 0.0676. The first kappa shape index (κ1) is 23.0. The number of carboxylic acids is 2. The van der Waals surface area contributed by atoms with Crippen LogP contribution in [0.3, 0.4) is 0 Å². The number of benzene rings is 3. The Balaban J connectivity index is 1.86. The van der Waals surface area contributed by atoms with E-state index in [0.717, 1.165) is 17.7 Å². The molecule has 33 heavy (non-hydrogen) atoms. The second kappa shape index (κ2) is 9.65. The van der Waals surface area contributed by atoms with Crippen molar-refractivity contribution in [3.05, 3.63) is 88.5 Å². The van der Waals surface area contributed by atoms with Crippen LogP contribution in [-0.2, 0) is 0 Å². The van der Waals surface area contributed by atoms with E-state index in [4.69, 9.17) is 4.74 Å². The zero-order chi connectivity index (χ0) is 24.1. The molecule has 0 atom stereocenters. The van der Waals surface area contributed by atoms with Crippen LogP contribution in [0.2, 0.25) is 0 Å². The van der Waals surface area contributed by atoms with Crippen molar-refractivity contribution in [2.75, 3.05) is 12.4 Å². The Bertz CT molecular complexity index is 1230. The van der Waals surface area contributed by atoms with Crippen LogP contribution >= 0.6 is 0 Å². The summed E-state index contributed by atoms with van der Waals surface area (Å²) >= 11 is 0. The molecule has 3 rings (SSSR count). The number of rotatable bonds is 7. The molecule has 0 saturated carbocycles. The van der Waals surface area contributed by atoms with Crippen LogP contribution in [0.1, 0.15) is 47.0 Å². The molecule has 0 spiro atoms. The first-order valence-electron chi connectivity index (χ1n) is 9.72. The standard InChI is InChI=1S/C24H20N2O7/c1-13-3-7-15(8-4-13)33-16-9-5-14(6-10-16)26-22(28)18-12-19(23(29)30)17(21(27)25-2)11-20(18)24(31)32/h3-12H,1-2H3,(H,25,27)(H,26,28)(H,29,30)(H,31,32). The average Bonchev–Trinajstić information content (AvgIpc) is 2.80. The molecule has 0 saturated heterocycles. The van der Waals surface area contributed by atoms with E-state index in [-0.39, 0.29) is 5.56 Å². The van der Waals surface area contributed by atoms with Gasteiger partial charge in [0.15, 0.2) is 0 Å². The van der Waals surface area contributed by atoms with E-state index in [1.807, 2.05) is 31.2 Å². The molecule has 3 aromatic carbocycles. The van der Waals surface area contributed by atoms with E-state index in [2.05, 4.69) is 10.6 Å². The molecule has 0 unspecified atom stereocenters. The van der Waals surface area contributed by atoms with Crippen LogP contribution < -0.4 is 15.4 Å². The summed E-state index contributed by atoms with van der Waals surface area (Å²) in [6.07, 6.45) is 0. The molecule has 0 radical (unpaired) electrons. The van der Waals surface area contributed by atoms with E-state index in [9.17, 15) is 29.4 Å². The fourth-order valence-corrected chi connectivity index (χ4v) is 3.01. The second-order valence-corrected chi connectivity index (χ2v) is 7.03. The SMILES string of the molecule is CNC(=O)c1cc(C(=O)O)c(C(=O)Nc2ccc(Oc3ccc(C)cc3)cc2)cc1C(=O)O. The molecule has 168 valence electrons. The highest BCUT2D eigenvalue weighted by Crippen LogP contribution is 2.24. The summed E-state index contributed by atoms with van der Waals surface area (Å²) in [7, 11) is 1.28. The van der Waals surface area contributed by atoms with Crippen molar-refractivity contribution in [2.24, 2.45) is 0 Å². The van der Waals surface area contributed by atoms with Gasteiger partial charge in [0.2, 0.25) is 0 Å². The number of carboxylic acid groups (broad SMARTS) is 2. The van der Waals surface area contributed by atoms with Crippen LogP contribution in [0, 0.1) is 6.92 Å². The van der Waals surface area contributed by atoms with E-state index in [0.29, 0.717) is 17.2 Å². The van der Waals surface area contributed by atoms with Gasteiger partial charge in [-0.3, -0.25) is 9.59 Å². The number of hydrogen-bond acceptors (Lipinski definition) is 5. The molecule has 0 aliphatic carbocycles. The minimum atomic E-state index is -1.48. The smallest absolute Gasteiger partial charge is 0.336 e. The van der Waals surface area contributed by atoms with Gasteiger partial charge >= 0.3 is 11.9 Å². The summed E-state index contributed by atoms with van der Waals surface area (Å²) in [5.74, 6) is -3.43. The third-order valence-corrected chi connectivity index (χ3v) is 4.70. The summed E-state index contributed by atoms with van der Waals surface area (Å²) < 4.78 is 5.72. The molecule has 0 fully saturated rings. The summed E-state index contributed by atoms with van der Waals surface area (Å²) in [6, 6.07) is 15.5. The third kappa shape index (κ3) is 5.34. The number of aryl methyl sites for hydroxylation is 1. The number of carbonyl (C=O) groups is 4. The van der Waals surface area contributed by atoms with Crippen molar-refractivity contribution in [3.8, 4) is 11.5 Å². The lowest BCUT2D eigenvalue weighted by Gasteiger charge is -2.12. The maximum Gasteiger partial charge on any atom is 0.336 e. The average molecular weight is 448 g/mol. The Morgan fingerprint density at radius 2 is 1.15 bits per heavy atom. The van der Waals surface area contributed by atoms with E-state index in [1.54, 1.807) is 24.3 Å². The van der Waals surface area contributed by atoms with Gasteiger partial charge in [0.25, 0.3) is 11.8 Å². The monoisotopic (exact) mass is 448 g/mol. The van der Waals surface area contributed by atoms with Gasteiger partial charge in [-0.15, -0.1) is 0 Å². The molecule has 0 aliphatic heterocycles. The number of amides is 2. The molecule has 0 heterocycles. The summed E-state index contributed by atoms with van der Waals surface area (Å²) in [5, 5.41) is 23.7. The molecule has 0 aromatic heterocycles. The van der Waals surface area contributed by atoms with Crippen molar-refractivity contribution < 1.29 is 34.1 Å². The maximum atomic E-state index is 12.8. The lowest BCUT2D eigenvalue weighted by atomic mass is 9.97. The molecule has 4 N–H and O–H groups in total. The zero-order valence-corrected chi connectivity index (χ0v) is 17.7. The predicted molar refractivity (Wildman–Crippen MR) is 119 cm³/mol. The van der Waals surface area contributed by atoms with Crippen LogP contribution in [0.15, 0.2) is 60.7 Å². The fraction of sp³-hybridized carbons (Fsp3) is 0.0833. The molecule has 9 nitrogen and oxygen atoms in total. The topological polar surface area (TPSA) is 142 Å². The van der Waals surface area contributed by atoms with Gasteiger partial charge in [-0.05, 0) is 55.5 Å². The van der Waals surface area contributed by atoms with Crippen molar-refractivity contribution >= 4 is 29.4 Å². The summed E-state index contributed by atoms with van der Waals surface area (Å²) in [4.78, 5) is 48.0. The number of ether oxygens (including phenoxy) is 1. The molecule has 9 heteroatoms. The number of aromatic carboxylic acids is 2.